The average molecular weight is 431 g/mol. The smallest absolute Gasteiger partial charge is 0.230 e. The lowest BCUT2D eigenvalue weighted by Crippen LogP contribution is -2.27. The summed E-state index contributed by atoms with van der Waals surface area (Å²) in [5, 5.41) is 12.6. The minimum atomic E-state index is -0.268. The van der Waals surface area contributed by atoms with Crippen LogP contribution in [-0.4, -0.2) is 33.0 Å². The van der Waals surface area contributed by atoms with Crippen LogP contribution in [0.15, 0.2) is 66.3 Å². The lowest BCUT2D eigenvalue weighted by molar-refractivity contribution is -0.118. The highest BCUT2D eigenvalue weighted by Crippen LogP contribution is 2.25. The molecule has 0 aliphatic carbocycles. The summed E-state index contributed by atoms with van der Waals surface area (Å²) in [5.41, 5.74) is 1.86. The van der Waals surface area contributed by atoms with Crippen LogP contribution >= 0.6 is 23.4 Å². The maximum absolute atomic E-state index is 12.9. The first kappa shape index (κ1) is 21.1. The largest absolute Gasteiger partial charge is 0.355 e. The van der Waals surface area contributed by atoms with Gasteiger partial charge in [0, 0.05) is 23.7 Å². The molecule has 3 rings (SSSR count). The molecule has 8 heteroatoms. The third kappa shape index (κ3) is 5.92. The molecule has 0 aliphatic rings. The van der Waals surface area contributed by atoms with Crippen LogP contribution in [-0.2, 0) is 17.8 Å². The van der Waals surface area contributed by atoms with E-state index >= 15 is 0 Å². The second-order valence-corrected chi connectivity index (χ2v) is 7.61. The van der Waals surface area contributed by atoms with E-state index in [4.69, 9.17) is 11.6 Å². The predicted molar refractivity (Wildman–Crippen MR) is 115 cm³/mol. The molecule has 0 radical (unpaired) electrons. The maximum atomic E-state index is 12.9. The molecule has 0 saturated carbocycles. The molecule has 0 atom stereocenters. The van der Waals surface area contributed by atoms with Crippen LogP contribution in [0.25, 0.3) is 11.4 Å². The van der Waals surface area contributed by atoms with Crippen molar-refractivity contribution in [2.45, 2.75) is 18.1 Å². The van der Waals surface area contributed by atoms with Gasteiger partial charge in [0.25, 0.3) is 0 Å². The fourth-order valence-electron chi connectivity index (χ4n) is 2.68. The molecule has 0 unspecified atom stereocenters. The Labute approximate surface area is 178 Å². The number of carbonyl (C=O) groups is 1. The molecule has 150 valence electrons. The van der Waals surface area contributed by atoms with E-state index in [0.29, 0.717) is 35.5 Å². The zero-order chi connectivity index (χ0) is 20.6. The number of nitrogens with one attached hydrogen (secondary N) is 1. The highest BCUT2D eigenvalue weighted by molar-refractivity contribution is 7.99. The third-order valence-corrected chi connectivity index (χ3v) is 5.33. The summed E-state index contributed by atoms with van der Waals surface area (Å²) in [6.07, 6.45) is 2.40. The Morgan fingerprint density at radius 1 is 1.17 bits per heavy atom. The van der Waals surface area contributed by atoms with Gasteiger partial charge in [-0.3, -0.25) is 9.36 Å². The van der Waals surface area contributed by atoms with Crippen LogP contribution in [0.2, 0.25) is 5.02 Å². The molecule has 0 bridgehead atoms. The van der Waals surface area contributed by atoms with Crippen molar-refractivity contribution in [3.05, 3.63) is 77.6 Å². The molecule has 1 N–H and O–H groups in total. The average Bonchev–Trinajstić information content (AvgIpc) is 3.11. The lowest BCUT2D eigenvalue weighted by Gasteiger charge is -2.08. The topological polar surface area (TPSA) is 59.8 Å². The molecular formula is C21H20ClFN4OS. The number of benzene rings is 2. The first-order valence-electron chi connectivity index (χ1n) is 9.01. The molecule has 29 heavy (non-hydrogen) atoms. The standard InChI is InChI=1S/C21H20ClFN4OS/c1-2-13-27-20(16-5-7-17(22)8-6-16)25-26-21(27)29-14-19(28)24-12-11-15-3-9-18(23)10-4-15/h2-10H,1,11-14H2,(H,24,28). The number of halogens is 2. The van der Waals surface area contributed by atoms with Crippen molar-refractivity contribution in [1.29, 1.82) is 0 Å². The van der Waals surface area contributed by atoms with Crippen LogP contribution < -0.4 is 5.32 Å². The van der Waals surface area contributed by atoms with Gasteiger partial charge in [-0.25, -0.2) is 4.39 Å². The van der Waals surface area contributed by atoms with Gasteiger partial charge in [0.05, 0.1) is 5.75 Å². The van der Waals surface area contributed by atoms with E-state index < -0.39 is 0 Å². The van der Waals surface area contributed by atoms with E-state index in [-0.39, 0.29) is 17.5 Å². The van der Waals surface area contributed by atoms with Gasteiger partial charge in [0.1, 0.15) is 5.82 Å². The summed E-state index contributed by atoms with van der Waals surface area (Å²) >= 11 is 7.27. The zero-order valence-corrected chi connectivity index (χ0v) is 17.2. The van der Waals surface area contributed by atoms with Crippen LogP contribution in [0.1, 0.15) is 5.56 Å². The molecule has 0 fully saturated rings. The Bertz CT molecular complexity index is 973. The van der Waals surface area contributed by atoms with Gasteiger partial charge in [-0.1, -0.05) is 41.6 Å². The Hall–Kier alpha value is -2.64. The number of nitrogens with zero attached hydrogens (tertiary/aromatic N) is 3. The zero-order valence-electron chi connectivity index (χ0n) is 15.6. The molecule has 1 heterocycles. The number of rotatable bonds is 9. The van der Waals surface area contributed by atoms with E-state index in [1.807, 2.05) is 16.7 Å². The quantitative estimate of drug-likeness (QED) is 0.404. The van der Waals surface area contributed by atoms with Crippen molar-refractivity contribution in [1.82, 2.24) is 20.1 Å². The highest BCUT2D eigenvalue weighted by Gasteiger charge is 2.15. The molecule has 1 amide bonds. The highest BCUT2D eigenvalue weighted by atomic mass is 35.5. The molecule has 0 aliphatic heterocycles. The van der Waals surface area contributed by atoms with Gasteiger partial charge in [-0.15, -0.1) is 16.8 Å². The molecule has 1 aromatic heterocycles. The summed E-state index contributed by atoms with van der Waals surface area (Å²) in [7, 11) is 0. The van der Waals surface area contributed by atoms with Crippen LogP contribution in [0.4, 0.5) is 4.39 Å². The number of allylic oxidation sites excluding steroid dienone is 1. The lowest BCUT2D eigenvalue weighted by atomic mass is 10.1. The third-order valence-electron chi connectivity index (χ3n) is 4.11. The summed E-state index contributed by atoms with van der Waals surface area (Å²) in [6, 6.07) is 13.6. The minimum absolute atomic E-state index is 0.0988. The van der Waals surface area contributed by atoms with Gasteiger partial charge in [0.2, 0.25) is 5.91 Å². The molecule has 0 spiro atoms. The fraction of sp³-hybridized carbons (Fsp3) is 0.190. The van der Waals surface area contributed by atoms with Crippen LogP contribution in [0, 0.1) is 5.82 Å². The second kappa shape index (κ2) is 10.2. The van der Waals surface area contributed by atoms with E-state index in [1.165, 1.54) is 23.9 Å². The Balaban J connectivity index is 1.56. The van der Waals surface area contributed by atoms with Crippen LogP contribution in [0.5, 0.6) is 0 Å². The predicted octanol–water partition coefficient (Wildman–Crippen LogP) is 4.37. The summed E-state index contributed by atoms with van der Waals surface area (Å²) in [6.45, 7) is 4.80. The van der Waals surface area contributed by atoms with Gasteiger partial charge < -0.3 is 5.32 Å². The minimum Gasteiger partial charge on any atom is -0.355 e. The Kier molecular flexibility index (Phi) is 7.43. The summed E-state index contributed by atoms with van der Waals surface area (Å²) < 4.78 is 14.8. The van der Waals surface area contributed by atoms with Crippen LogP contribution in [0.3, 0.4) is 0 Å². The Morgan fingerprint density at radius 2 is 1.90 bits per heavy atom. The number of hydrogen-bond acceptors (Lipinski definition) is 4. The molecular weight excluding hydrogens is 411 g/mol. The van der Waals surface area contributed by atoms with E-state index in [2.05, 4.69) is 22.1 Å². The number of aromatic nitrogens is 3. The van der Waals surface area contributed by atoms with Crippen molar-refractivity contribution in [2.24, 2.45) is 0 Å². The van der Waals surface area contributed by atoms with Crippen molar-refractivity contribution < 1.29 is 9.18 Å². The van der Waals surface area contributed by atoms with E-state index in [1.54, 1.807) is 30.3 Å². The molecule has 2 aromatic carbocycles. The fourth-order valence-corrected chi connectivity index (χ4v) is 3.58. The maximum Gasteiger partial charge on any atom is 0.230 e. The summed E-state index contributed by atoms with van der Waals surface area (Å²) in [5.74, 6) is 0.550. The molecule has 0 saturated heterocycles. The van der Waals surface area contributed by atoms with Crippen molar-refractivity contribution in [3.63, 3.8) is 0 Å². The van der Waals surface area contributed by atoms with Gasteiger partial charge in [0.15, 0.2) is 11.0 Å². The van der Waals surface area contributed by atoms with Crippen molar-refractivity contribution in [3.8, 4) is 11.4 Å². The first-order chi connectivity index (χ1) is 14.1. The monoisotopic (exact) mass is 430 g/mol. The Morgan fingerprint density at radius 3 is 2.59 bits per heavy atom. The van der Waals surface area contributed by atoms with Crippen molar-refractivity contribution in [2.75, 3.05) is 12.3 Å². The summed E-state index contributed by atoms with van der Waals surface area (Å²) in [4.78, 5) is 12.2. The molecule has 3 aromatic rings. The number of thioether (sulfide) groups is 1. The molecule has 5 nitrogen and oxygen atoms in total. The van der Waals surface area contributed by atoms with Gasteiger partial charge in [-0.2, -0.15) is 0 Å². The van der Waals surface area contributed by atoms with Crippen molar-refractivity contribution >= 4 is 29.3 Å². The first-order valence-corrected chi connectivity index (χ1v) is 10.4. The van der Waals surface area contributed by atoms with Gasteiger partial charge >= 0.3 is 0 Å². The van der Waals surface area contributed by atoms with E-state index in [9.17, 15) is 9.18 Å². The number of carbonyl (C=O) groups excluding carboxylic acids is 1. The van der Waals surface area contributed by atoms with E-state index in [0.717, 1.165) is 11.1 Å². The van der Waals surface area contributed by atoms with Gasteiger partial charge in [-0.05, 0) is 48.4 Å². The SMILES string of the molecule is C=CCn1c(SCC(=O)NCCc2ccc(F)cc2)nnc1-c1ccc(Cl)cc1. The number of hydrogen-bond donors (Lipinski definition) is 1. The second-order valence-electron chi connectivity index (χ2n) is 6.23. The normalized spacial score (nSPS) is 10.7. The number of amides is 1.